The molecule has 9 heteroatoms. The summed E-state index contributed by atoms with van der Waals surface area (Å²) in [6, 6.07) is 0. The zero-order valence-electron chi connectivity index (χ0n) is 7.53. The largest absolute Gasteiger partial charge is 0.351 e. The van der Waals surface area contributed by atoms with E-state index in [1.54, 1.807) is 0 Å². The van der Waals surface area contributed by atoms with Gasteiger partial charge in [0, 0.05) is 0 Å². The van der Waals surface area contributed by atoms with Gasteiger partial charge < -0.3 is 4.74 Å². The van der Waals surface area contributed by atoms with Crippen molar-refractivity contribution in [1.82, 2.24) is 0 Å². The van der Waals surface area contributed by atoms with Crippen LogP contribution in [0.2, 0.25) is 0 Å². The molecule has 0 aromatic heterocycles. The highest BCUT2D eigenvalue weighted by atomic mass is 32.2. The fourth-order valence-corrected chi connectivity index (χ4v) is 2.25. The Kier molecular flexibility index (Phi) is 4.62. The van der Waals surface area contributed by atoms with Crippen LogP contribution in [-0.4, -0.2) is 38.0 Å². The van der Waals surface area contributed by atoms with Crippen LogP contribution >= 0.6 is 0 Å². The Morgan fingerprint density at radius 2 is 1.80 bits per heavy atom. The maximum absolute atomic E-state index is 10.7. The molecule has 0 spiro atoms. The number of hydrogen-bond donors (Lipinski definition) is 2. The van der Waals surface area contributed by atoms with Crippen LogP contribution in [0.5, 0.6) is 0 Å². The second-order valence-corrected chi connectivity index (χ2v) is 5.34. The van der Waals surface area contributed by atoms with E-state index in [9.17, 15) is 16.8 Å². The molecule has 0 aliphatic heterocycles. The summed E-state index contributed by atoms with van der Waals surface area (Å²) < 4.78 is 64.1. The van der Waals surface area contributed by atoms with Crippen molar-refractivity contribution < 1.29 is 30.7 Å². The molecule has 0 heterocycles. The third-order valence-corrected chi connectivity index (χ3v) is 3.22. The first-order chi connectivity index (χ1) is 6.60. The first-order valence-electron chi connectivity index (χ1n) is 3.45. The first-order valence-corrected chi connectivity index (χ1v) is 6.40. The van der Waals surface area contributed by atoms with Gasteiger partial charge in [-0.2, -0.15) is 16.8 Å². The smallest absolute Gasteiger partial charge is 0.297 e. The Hall–Kier alpha value is -0.740. The normalized spacial score (nSPS) is 14.5. The lowest BCUT2D eigenvalue weighted by Crippen LogP contribution is -2.29. The van der Waals surface area contributed by atoms with Crippen LogP contribution in [0.3, 0.4) is 0 Å². The lowest BCUT2D eigenvalue weighted by atomic mass is 10.6. The van der Waals surface area contributed by atoms with Crippen LogP contribution in [-0.2, 0) is 25.0 Å². The maximum atomic E-state index is 10.7. The molecule has 0 amide bonds. The molecule has 0 saturated carbocycles. The summed E-state index contributed by atoms with van der Waals surface area (Å²) in [5, 5.41) is 0. The molecule has 0 saturated heterocycles. The summed E-state index contributed by atoms with van der Waals surface area (Å²) in [7, 11) is -9.64. The van der Waals surface area contributed by atoms with Crippen LogP contribution in [0.15, 0.2) is 24.1 Å². The zero-order chi connectivity index (χ0) is 12.3. The number of hydrogen-bond acceptors (Lipinski definition) is 5. The molecule has 7 nitrogen and oxygen atoms in total. The predicted molar refractivity (Wildman–Crippen MR) is 52.2 cm³/mol. The first kappa shape index (κ1) is 14.3. The number of ether oxygens (including phenoxy) is 1. The Morgan fingerprint density at radius 3 is 2.07 bits per heavy atom. The van der Waals surface area contributed by atoms with E-state index in [4.69, 9.17) is 9.11 Å². The van der Waals surface area contributed by atoms with Crippen molar-refractivity contribution in [2.75, 3.05) is 6.61 Å². The lowest BCUT2D eigenvalue weighted by molar-refractivity contribution is 0.150. The van der Waals surface area contributed by atoms with Crippen molar-refractivity contribution in [3.8, 4) is 0 Å². The van der Waals surface area contributed by atoms with Crippen molar-refractivity contribution in [2.45, 2.75) is 5.44 Å². The second-order valence-electron chi connectivity index (χ2n) is 2.41. The molecule has 0 aliphatic carbocycles. The van der Waals surface area contributed by atoms with Crippen molar-refractivity contribution in [1.29, 1.82) is 0 Å². The van der Waals surface area contributed by atoms with E-state index in [0.717, 1.165) is 6.08 Å². The molecule has 0 aliphatic rings. The number of rotatable bonds is 6. The standard InChI is InChI=1S/C6H10O7S2/c1-3-4-13-6(15(10,11)12)5(2)14(7,8)9/h3,6H,1-2,4H2,(H,7,8,9)(H,10,11,12). The van der Waals surface area contributed by atoms with E-state index in [0.29, 0.717) is 0 Å². The average Bonchev–Trinajstić information content (AvgIpc) is 2.00. The van der Waals surface area contributed by atoms with Gasteiger partial charge in [0.2, 0.25) is 5.44 Å². The summed E-state index contributed by atoms with van der Waals surface area (Å²) in [6.45, 7) is 5.67. The van der Waals surface area contributed by atoms with Gasteiger partial charge in [0.05, 0.1) is 6.61 Å². The molecular weight excluding hydrogens is 248 g/mol. The van der Waals surface area contributed by atoms with E-state index in [1.165, 1.54) is 0 Å². The van der Waals surface area contributed by atoms with E-state index in [-0.39, 0.29) is 6.61 Å². The summed E-state index contributed by atoms with van der Waals surface area (Å²) in [5.41, 5.74) is -2.23. The van der Waals surface area contributed by atoms with Gasteiger partial charge in [0.25, 0.3) is 20.2 Å². The minimum atomic E-state index is -4.83. The fourth-order valence-electron chi connectivity index (χ4n) is 0.622. The Bertz CT molecular complexity index is 444. The van der Waals surface area contributed by atoms with E-state index >= 15 is 0 Å². The summed E-state index contributed by atoms with van der Waals surface area (Å²) in [6.07, 6.45) is 1.13. The SMILES string of the molecule is C=CCOC(C(=C)S(=O)(=O)O)S(=O)(=O)O. The monoisotopic (exact) mass is 258 g/mol. The highest BCUT2D eigenvalue weighted by Crippen LogP contribution is 2.16. The predicted octanol–water partition coefficient (Wildman–Crippen LogP) is -0.196. The van der Waals surface area contributed by atoms with Crippen LogP contribution < -0.4 is 0 Å². The Morgan fingerprint density at radius 1 is 1.33 bits per heavy atom. The Balaban J connectivity index is 5.15. The molecule has 88 valence electrons. The van der Waals surface area contributed by atoms with Crippen molar-refractivity contribution in [3.05, 3.63) is 24.1 Å². The molecular formula is C6H10O7S2. The molecule has 0 rings (SSSR count). The second kappa shape index (κ2) is 4.86. The van der Waals surface area contributed by atoms with E-state index in [2.05, 4.69) is 17.9 Å². The molecule has 0 fully saturated rings. The summed E-state index contributed by atoms with van der Waals surface area (Å²) in [4.78, 5) is -1.16. The van der Waals surface area contributed by atoms with Crippen LogP contribution in [0.1, 0.15) is 0 Å². The van der Waals surface area contributed by atoms with Crippen molar-refractivity contribution >= 4 is 20.2 Å². The van der Waals surface area contributed by atoms with Crippen molar-refractivity contribution in [2.24, 2.45) is 0 Å². The van der Waals surface area contributed by atoms with Gasteiger partial charge in [-0.05, 0) is 0 Å². The van der Waals surface area contributed by atoms with Gasteiger partial charge >= 0.3 is 0 Å². The minimum Gasteiger partial charge on any atom is -0.351 e. The van der Waals surface area contributed by atoms with Gasteiger partial charge in [-0.3, -0.25) is 9.11 Å². The van der Waals surface area contributed by atoms with Crippen LogP contribution in [0.4, 0.5) is 0 Å². The van der Waals surface area contributed by atoms with Gasteiger partial charge in [0.15, 0.2) is 0 Å². The molecule has 0 bridgehead atoms. The van der Waals surface area contributed by atoms with Crippen LogP contribution in [0, 0.1) is 0 Å². The van der Waals surface area contributed by atoms with Gasteiger partial charge in [-0.15, -0.1) is 6.58 Å². The lowest BCUT2D eigenvalue weighted by Gasteiger charge is -2.13. The highest BCUT2D eigenvalue weighted by Gasteiger charge is 2.33. The fraction of sp³-hybridized carbons (Fsp3) is 0.333. The minimum absolute atomic E-state index is 0.334. The van der Waals surface area contributed by atoms with E-state index in [1.807, 2.05) is 0 Å². The average molecular weight is 258 g/mol. The Labute approximate surface area is 87.6 Å². The molecule has 15 heavy (non-hydrogen) atoms. The summed E-state index contributed by atoms with van der Waals surface area (Å²) >= 11 is 0. The third kappa shape index (κ3) is 4.53. The quantitative estimate of drug-likeness (QED) is 0.500. The van der Waals surface area contributed by atoms with E-state index < -0.39 is 30.6 Å². The van der Waals surface area contributed by atoms with Gasteiger partial charge in [-0.1, -0.05) is 12.7 Å². The maximum Gasteiger partial charge on any atom is 0.297 e. The molecule has 2 N–H and O–H groups in total. The van der Waals surface area contributed by atoms with Gasteiger partial charge in [-0.25, -0.2) is 0 Å². The molecule has 0 aromatic carbocycles. The van der Waals surface area contributed by atoms with Gasteiger partial charge in [0.1, 0.15) is 4.91 Å². The topological polar surface area (TPSA) is 118 Å². The molecule has 1 atom stereocenters. The zero-order valence-corrected chi connectivity index (χ0v) is 9.16. The highest BCUT2D eigenvalue weighted by molar-refractivity contribution is 7.93. The molecule has 1 unspecified atom stereocenters. The summed E-state index contributed by atoms with van der Waals surface area (Å²) in [5.74, 6) is 0. The molecule has 0 radical (unpaired) electrons. The van der Waals surface area contributed by atoms with Crippen LogP contribution in [0.25, 0.3) is 0 Å². The third-order valence-electron chi connectivity index (χ3n) is 1.23. The van der Waals surface area contributed by atoms with Crippen molar-refractivity contribution in [3.63, 3.8) is 0 Å². The molecule has 0 aromatic rings.